The first-order chi connectivity index (χ1) is 8.86. The maximum atomic E-state index is 4.32. The fourth-order valence-electron chi connectivity index (χ4n) is 1.79. The number of nitrogens with zero attached hydrogens (tertiary/aromatic N) is 5. The van der Waals surface area contributed by atoms with Crippen LogP contribution in [0.2, 0.25) is 0 Å². The van der Waals surface area contributed by atoms with E-state index in [0.717, 1.165) is 43.0 Å². The molecule has 6 nitrogen and oxygen atoms in total. The lowest BCUT2D eigenvalue weighted by molar-refractivity contribution is 0.796. The van der Waals surface area contributed by atoms with Crippen LogP contribution in [0.5, 0.6) is 0 Å². The minimum Gasteiger partial charge on any atom is -0.370 e. The van der Waals surface area contributed by atoms with Gasteiger partial charge in [0, 0.05) is 12.1 Å². The van der Waals surface area contributed by atoms with Gasteiger partial charge in [0.2, 0.25) is 0 Å². The topological polar surface area (TPSA) is 68.5 Å². The first-order valence-corrected chi connectivity index (χ1v) is 6.29. The molecule has 0 aliphatic heterocycles. The van der Waals surface area contributed by atoms with Gasteiger partial charge in [-0.2, -0.15) is 5.10 Å². The molecule has 0 radical (unpaired) electrons. The molecule has 0 saturated heterocycles. The lowest BCUT2D eigenvalue weighted by atomic mass is 10.1. The molecule has 0 amide bonds. The van der Waals surface area contributed by atoms with E-state index in [0.29, 0.717) is 0 Å². The molecule has 0 aliphatic rings. The Labute approximate surface area is 106 Å². The number of rotatable bonds is 6. The van der Waals surface area contributed by atoms with Gasteiger partial charge in [-0.25, -0.2) is 19.6 Å². The van der Waals surface area contributed by atoms with Gasteiger partial charge in [-0.15, -0.1) is 0 Å². The lowest BCUT2D eigenvalue weighted by Gasteiger charge is -2.12. The van der Waals surface area contributed by atoms with Crippen molar-refractivity contribution in [1.82, 2.24) is 24.7 Å². The van der Waals surface area contributed by atoms with E-state index in [1.807, 2.05) is 0 Å². The summed E-state index contributed by atoms with van der Waals surface area (Å²) in [5, 5.41) is 7.48. The van der Waals surface area contributed by atoms with Gasteiger partial charge in [-0.05, 0) is 12.8 Å². The highest BCUT2D eigenvalue weighted by molar-refractivity contribution is 5.51. The molecule has 0 fully saturated rings. The lowest BCUT2D eigenvalue weighted by Crippen LogP contribution is -2.11. The summed E-state index contributed by atoms with van der Waals surface area (Å²) in [6.45, 7) is 5.18. The van der Waals surface area contributed by atoms with Crippen LogP contribution < -0.4 is 5.32 Å². The molecule has 18 heavy (non-hydrogen) atoms. The summed E-state index contributed by atoms with van der Waals surface area (Å²) in [5.41, 5.74) is 1.10. The van der Waals surface area contributed by atoms with Crippen LogP contribution in [-0.4, -0.2) is 31.3 Å². The molecular weight excluding hydrogens is 228 g/mol. The maximum Gasteiger partial charge on any atom is 0.163 e. The van der Waals surface area contributed by atoms with Crippen LogP contribution in [0, 0.1) is 0 Å². The summed E-state index contributed by atoms with van der Waals surface area (Å²) in [7, 11) is 0. The molecule has 1 N–H and O–H groups in total. The van der Waals surface area contributed by atoms with Crippen LogP contribution in [0.15, 0.2) is 19.0 Å². The van der Waals surface area contributed by atoms with Crippen molar-refractivity contribution < 1.29 is 0 Å². The molecule has 96 valence electrons. The van der Waals surface area contributed by atoms with E-state index in [1.54, 1.807) is 17.3 Å². The standard InChI is InChI=1S/C12H18N6/c1-3-5-10-11(14-6-4-2)15-8-16-12(10)18-9-13-7-17-18/h7-9H,3-6H2,1-2H3,(H,14,15,16). The zero-order chi connectivity index (χ0) is 12.8. The van der Waals surface area contributed by atoms with Gasteiger partial charge in [0.05, 0.1) is 0 Å². The molecule has 2 aromatic rings. The van der Waals surface area contributed by atoms with Crippen LogP contribution in [0.3, 0.4) is 0 Å². The molecule has 2 heterocycles. The van der Waals surface area contributed by atoms with Crippen LogP contribution >= 0.6 is 0 Å². The van der Waals surface area contributed by atoms with Crippen molar-refractivity contribution in [3.8, 4) is 5.82 Å². The van der Waals surface area contributed by atoms with E-state index < -0.39 is 0 Å². The fourth-order valence-corrected chi connectivity index (χ4v) is 1.79. The highest BCUT2D eigenvalue weighted by Crippen LogP contribution is 2.19. The van der Waals surface area contributed by atoms with Gasteiger partial charge in [0.25, 0.3) is 0 Å². The number of hydrogen-bond acceptors (Lipinski definition) is 5. The molecular formula is C12H18N6. The zero-order valence-corrected chi connectivity index (χ0v) is 10.8. The predicted octanol–water partition coefficient (Wildman–Crippen LogP) is 1.83. The minimum atomic E-state index is 0.808. The van der Waals surface area contributed by atoms with E-state index in [-0.39, 0.29) is 0 Å². The molecule has 0 aromatic carbocycles. The molecule has 2 rings (SSSR count). The molecule has 0 unspecified atom stereocenters. The Morgan fingerprint density at radius 1 is 1.17 bits per heavy atom. The highest BCUT2D eigenvalue weighted by Gasteiger charge is 2.12. The Hall–Kier alpha value is -1.98. The number of hydrogen-bond donors (Lipinski definition) is 1. The molecule has 6 heteroatoms. The highest BCUT2D eigenvalue weighted by atomic mass is 15.3. The van der Waals surface area contributed by atoms with Crippen molar-refractivity contribution in [2.45, 2.75) is 33.1 Å². The second-order valence-electron chi connectivity index (χ2n) is 4.04. The molecule has 0 atom stereocenters. The molecule has 0 bridgehead atoms. The number of nitrogens with one attached hydrogen (secondary N) is 1. The van der Waals surface area contributed by atoms with E-state index in [1.165, 1.54) is 6.33 Å². The monoisotopic (exact) mass is 246 g/mol. The van der Waals surface area contributed by atoms with E-state index in [4.69, 9.17) is 0 Å². The third-order valence-electron chi connectivity index (χ3n) is 2.60. The Morgan fingerprint density at radius 3 is 2.72 bits per heavy atom. The molecule has 0 saturated carbocycles. The summed E-state index contributed by atoms with van der Waals surface area (Å²) in [6.07, 6.45) is 7.75. The van der Waals surface area contributed by atoms with Gasteiger partial charge < -0.3 is 5.32 Å². The van der Waals surface area contributed by atoms with Crippen molar-refractivity contribution in [1.29, 1.82) is 0 Å². The van der Waals surface area contributed by atoms with Crippen LogP contribution in [-0.2, 0) is 6.42 Å². The van der Waals surface area contributed by atoms with Crippen molar-refractivity contribution in [2.24, 2.45) is 0 Å². The SMILES string of the molecule is CCCNc1ncnc(-n2cncn2)c1CCC. The molecule has 2 aromatic heterocycles. The number of aromatic nitrogens is 5. The van der Waals surface area contributed by atoms with Crippen molar-refractivity contribution in [2.75, 3.05) is 11.9 Å². The Balaban J connectivity index is 2.39. The van der Waals surface area contributed by atoms with Crippen molar-refractivity contribution >= 4 is 5.82 Å². The van der Waals surface area contributed by atoms with E-state index in [9.17, 15) is 0 Å². The normalized spacial score (nSPS) is 10.6. The summed E-state index contributed by atoms with van der Waals surface area (Å²) in [5.74, 6) is 1.71. The van der Waals surface area contributed by atoms with Crippen molar-refractivity contribution in [3.05, 3.63) is 24.5 Å². The first kappa shape index (κ1) is 12.5. The van der Waals surface area contributed by atoms with Gasteiger partial charge in [-0.1, -0.05) is 20.3 Å². The Morgan fingerprint density at radius 2 is 2.06 bits per heavy atom. The van der Waals surface area contributed by atoms with Gasteiger partial charge in [-0.3, -0.25) is 0 Å². The second-order valence-corrected chi connectivity index (χ2v) is 4.04. The van der Waals surface area contributed by atoms with Gasteiger partial charge >= 0.3 is 0 Å². The molecule has 0 aliphatic carbocycles. The fraction of sp³-hybridized carbons (Fsp3) is 0.500. The van der Waals surface area contributed by atoms with Crippen LogP contribution in [0.25, 0.3) is 5.82 Å². The summed E-state index contributed by atoms with van der Waals surface area (Å²) >= 11 is 0. The van der Waals surface area contributed by atoms with E-state index in [2.05, 4.69) is 39.2 Å². The van der Waals surface area contributed by atoms with Gasteiger partial charge in [0.15, 0.2) is 5.82 Å². The third-order valence-corrected chi connectivity index (χ3v) is 2.60. The Kier molecular flexibility index (Phi) is 4.22. The minimum absolute atomic E-state index is 0.808. The second kappa shape index (κ2) is 6.09. The average Bonchev–Trinajstić information content (AvgIpc) is 2.91. The quantitative estimate of drug-likeness (QED) is 0.842. The van der Waals surface area contributed by atoms with Gasteiger partial charge in [0.1, 0.15) is 24.8 Å². The van der Waals surface area contributed by atoms with E-state index >= 15 is 0 Å². The summed E-state index contributed by atoms with van der Waals surface area (Å²) in [6, 6.07) is 0. The number of anilines is 1. The Bertz CT molecular complexity index is 479. The summed E-state index contributed by atoms with van der Waals surface area (Å²) < 4.78 is 1.68. The van der Waals surface area contributed by atoms with Crippen LogP contribution in [0.4, 0.5) is 5.82 Å². The van der Waals surface area contributed by atoms with Crippen LogP contribution in [0.1, 0.15) is 32.3 Å². The molecule has 0 spiro atoms. The predicted molar refractivity (Wildman–Crippen MR) is 69.7 cm³/mol. The largest absolute Gasteiger partial charge is 0.370 e. The third kappa shape index (κ3) is 2.64. The summed E-state index contributed by atoms with van der Waals surface area (Å²) in [4.78, 5) is 12.6. The zero-order valence-electron chi connectivity index (χ0n) is 10.8. The first-order valence-electron chi connectivity index (χ1n) is 6.29. The smallest absolute Gasteiger partial charge is 0.163 e. The average molecular weight is 246 g/mol. The van der Waals surface area contributed by atoms with Crippen molar-refractivity contribution in [3.63, 3.8) is 0 Å². The maximum absolute atomic E-state index is 4.32.